The van der Waals surface area contributed by atoms with Gasteiger partial charge in [-0.3, -0.25) is 14.4 Å². The molecule has 1 unspecified atom stereocenters. The molecular formula is C21H24N4O3S. The number of likely N-dealkylation sites (tertiary alicyclic amines) is 1. The van der Waals surface area contributed by atoms with Crippen LogP contribution in [-0.4, -0.2) is 46.7 Å². The third-order valence-electron chi connectivity index (χ3n) is 5.59. The molecule has 1 aromatic heterocycles. The predicted octanol–water partition coefficient (Wildman–Crippen LogP) is 1.86. The monoisotopic (exact) mass is 412 g/mol. The van der Waals surface area contributed by atoms with Crippen LogP contribution in [-0.2, 0) is 20.9 Å². The van der Waals surface area contributed by atoms with Gasteiger partial charge in [0.25, 0.3) is 0 Å². The summed E-state index contributed by atoms with van der Waals surface area (Å²) in [5, 5.41) is 5.66. The van der Waals surface area contributed by atoms with Crippen LogP contribution < -0.4 is 10.6 Å². The topological polar surface area (TPSA) is 91.4 Å². The molecule has 2 saturated heterocycles. The molecule has 0 bridgehead atoms. The summed E-state index contributed by atoms with van der Waals surface area (Å²) < 4.78 is 0. The molecule has 2 N–H and O–H groups in total. The van der Waals surface area contributed by atoms with E-state index in [-0.39, 0.29) is 30.1 Å². The number of amides is 3. The fourth-order valence-electron chi connectivity index (χ4n) is 3.98. The normalized spacial score (nSPS) is 21.3. The summed E-state index contributed by atoms with van der Waals surface area (Å²) in [6.45, 7) is 3.35. The molecule has 0 aliphatic carbocycles. The summed E-state index contributed by atoms with van der Waals surface area (Å²) in [6.07, 6.45) is 1.69. The van der Waals surface area contributed by atoms with Crippen molar-refractivity contribution in [2.75, 3.05) is 13.1 Å². The first kappa shape index (κ1) is 19.6. The van der Waals surface area contributed by atoms with Crippen LogP contribution in [0.5, 0.6) is 0 Å². The largest absolute Gasteiger partial charge is 0.355 e. The summed E-state index contributed by atoms with van der Waals surface area (Å²) in [7, 11) is 0. The van der Waals surface area contributed by atoms with Gasteiger partial charge < -0.3 is 15.5 Å². The second-order valence-corrected chi connectivity index (χ2v) is 8.43. The highest BCUT2D eigenvalue weighted by Crippen LogP contribution is 2.27. The smallest absolute Gasteiger partial charge is 0.243 e. The summed E-state index contributed by atoms with van der Waals surface area (Å²) >= 11 is 1.61. The molecular weight excluding hydrogens is 388 g/mol. The molecule has 2 aromatic rings. The van der Waals surface area contributed by atoms with E-state index in [4.69, 9.17) is 0 Å². The highest BCUT2D eigenvalue weighted by molar-refractivity contribution is 7.13. The number of nitrogens with one attached hydrogen (secondary N) is 2. The van der Waals surface area contributed by atoms with E-state index in [0.717, 1.165) is 28.1 Å². The number of rotatable bonds is 5. The highest BCUT2D eigenvalue weighted by Gasteiger charge is 2.39. The first-order valence-electron chi connectivity index (χ1n) is 9.87. The molecule has 152 valence electrons. The molecule has 3 heterocycles. The van der Waals surface area contributed by atoms with Crippen molar-refractivity contribution in [3.8, 4) is 10.4 Å². The van der Waals surface area contributed by atoms with Crippen LogP contribution in [0.25, 0.3) is 10.4 Å². The number of hydrogen-bond donors (Lipinski definition) is 2. The van der Waals surface area contributed by atoms with Gasteiger partial charge in [0.05, 0.1) is 22.0 Å². The van der Waals surface area contributed by atoms with Crippen molar-refractivity contribution in [2.45, 2.75) is 38.8 Å². The molecule has 0 radical (unpaired) electrons. The van der Waals surface area contributed by atoms with Gasteiger partial charge in [0.2, 0.25) is 17.7 Å². The average Bonchev–Trinajstić information content (AvgIpc) is 3.47. The summed E-state index contributed by atoms with van der Waals surface area (Å²) in [5.74, 6) is -0.667. The highest BCUT2D eigenvalue weighted by atomic mass is 32.1. The summed E-state index contributed by atoms with van der Waals surface area (Å²) in [6, 6.07) is 7.64. The molecule has 2 atom stereocenters. The lowest BCUT2D eigenvalue weighted by Crippen LogP contribution is -2.48. The second kappa shape index (κ2) is 8.32. The van der Waals surface area contributed by atoms with Crippen molar-refractivity contribution in [2.24, 2.45) is 5.92 Å². The van der Waals surface area contributed by atoms with Gasteiger partial charge in [0.15, 0.2) is 0 Å². The maximum Gasteiger partial charge on any atom is 0.243 e. The Bertz CT molecular complexity index is 924. The van der Waals surface area contributed by atoms with E-state index < -0.39 is 6.04 Å². The lowest BCUT2D eigenvalue weighted by Gasteiger charge is -2.26. The van der Waals surface area contributed by atoms with E-state index in [2.05, 4.69) is 15.6 Å². The van der Waals surface area contributed by atoms with Crippen molar-refractivity contribution in [1.29, 1.82) is 0 Å². The number of thiazole rings is 1. The number of carbonyl (C=O) groups excluding carboxylic acids is 3. The molecule has 7 nitrogen and oxygen atoms in total. The van der Waals surface area contributed by atoms with E-state index in [1.54, 1.807) is 16.2 Å². The summed E-state index contributed by atoms with van der Waals surface area (Å²) in [5.41, 5.74) is 4.98. The van der Waals surface area contributed by atoms with Crippen LogP contribution >= 0.6 is 11.3 Å². The predicted molar refractivity (Wildman–Crippen MR) is 110 cm³/mol. The Morgan fingerprint density at radius 3 is 2.76 bits per heavy atom. The molecule has 0 saturated carbocycles. The third-order valence-corrected chi connectivity index (χ3v) is 6.57. The van der Waals surface area contributed by atoms with Gasteiger partial charge in [-0.1, -0.05) is 24.3 Å². The second-order valence-electron chi connectivity index (χ2n) is 7.58. The number of benzene rings is 1. The molecule has 3 amide bonds. The maximum atomic E-state index is 12.7. The van der Waals surface area contributed by atoms with E-state index in [9.17, 15) is 14.4 Å². The minimum absolute atomic E-state index is 0.0923. The molecule has 4 rings (SSSR count). The van der Waals surface area contributed by atoms with Crippen LogP contribution in [0.15, 0.2) is 29.8 Å². The number of carbonyl (C=O) groups is 3. The standard InChI is InChI=1S/C21H24N4O3S/c1-13-19(29-12-24-13)15-6-4-14(5-7-15)10-23-20(27)17-3-2-8-25(17)21(28)16-9-18(26)22-11-16/h4-7,12,16-17H,2-3,8-11H2,1H3,(H,22,26)(H,23,27)/t16?,17-/m0/s1. The molecule has 2 aliphatic heterocycles. The van der Waals surface area contributed by atoms with Crippen molar-refractivity contribution in [3.63, 3.8) is 0 Å². The van der Waals surface area contributed by atoms with Gasteiger partial charge in [0.1, 0.15) is 6.04 Å². The van der Waals surface area contributed by atoms with Gasteiger partial charge in [-0.25, -0.2) is 4.98 Å². The minimum Gasteiger partial charge on any atom is -0.355 e. The van der Waals surface area contributed by atoms with E-state index >= 15 is 0 Å². The Morgan fingerprint density at radius 2 is 2.10 bits per heavy atom. The van der Waals surface area contributed by atoms with Crippen molar-refractivity contribution < 1.29 is 14.4 Å². The van der Waals surface area contributed by atoms with Crippen molar-refractivity contribution in [3.05, 3.63) is 41.0 Å². The average molecular weight is 413 g/mol. The zero-order chi connectivity index (χ0) is 20.4. The van der Waals surface area contributed by atoms with Crippen molar-refractivity contribution in [1.82, 2.24) is 20.5 Å². The Labute approximate surface area is 173 Å². The van der Waals surface area contributed by atoms with Crippen molar-refractivity contribution >= 4 is 29.1 Å². The van der Waals surface area contributed by atoms with Crippen LogP contribution in [0.2, 0.25) is 0 Å². The first-order valence-corrected chi connectivity index (χ1v) is 10.7. The Morgan fingerprint density at radius 1 is 1.31 bits per heavy atom. The molecule has 0 spiro atoms. The van der Waals surface area contributed by atoms with Gasteiger partial charge in [-0.05, 0) is 30.9 Å². The zero-order valence-electron chi connectivity index (χ0n) is 16.3. The Kier molecular flexibility index (Phi) is 5.62. The number of hydrogen-bond acceptors (Lipinski definition) is 5. The minimum atomic E-state index is -0.447. The van der Waals surface area contributed by atoms with Gasteiger partial charge >= 0.3 is 0 Å². The Hall–Kier alpha value is -2.74. The Balaban J connectivity index is 1.34. The number of nitrogens with zero attached hydrogens (tertiary/aromatic N) is 2. The van der Waals surface area contributed by atoms with Gasteiger partial charge in [-0.2, -0.15) is 0 Å². The number of aryl methyl sites for hydroxylation is 1. The molecule has 29 heavy (non-hydrogen) atoms. The van der Waals surface area contributed by atoms with Crippen LogP contribution in [0.3, 0.4) is 0 Å². The SMILES string of the molecule is Cc1ncsc1-c1ccc(CNC(=O)[C@@H]2CCCN2C(=O)C2CNC(=O)C2)cc1. The lowest BCUT2D eigenvalue weighted by atomic mass is 10.1. The van der Waals surface area contributed by atoms with E-state index in [1.165, 1.54) is 0 Å². The lowest BCUT2D eigenvalue weighted by molar-refractivity contribution is -0.141. The molecule has 2 fully saturated rings. The molecule has 8 heteroatoms. The molecule has 2 aliphatic rings. The number of aromatic nitrogens is 1. The quantitative estimate of drug-likeness (QED) is 0.784. The van der Waals surface area contributed by atoms with Crippen LogP contribution in [0.4, 0.5) is 0 Å². The van der Waals surface area contributed by atoms with Gasteiger partial charge in [-0.15, -0.1) is 11.3 Å². The van der Waals surface area contributed by atoms with Crippen LogP contribution in [0, 0.1) is 12.8 Å². The fourth-order valence-corrected chi connectivity index (χ4v) is 4.79. The van der Waals surface area contributed by atoms with E-state index in [1.807, 2.05) is 36.7 Å². The maximum absolute atomic E-state index is 12.7. The van der Waals surface area contributed by atoms with Gasteiger partial charge in [0, 0.05) is 26.1 Å². The fraction of sp³-hybridized carbons (Fsp3) is 0.429. The molecule has 1 aromatic carbocycles. The summed E-state index contributed by atoms with van der Waals surface area (Å²) in [4.78, 5) is 43.9. The van der Waals surface area contributed by atoms with E-state index in [0.29, 0.717) is 26.1 Å². The zero-order valence-corrected chi connectivity index (χ0v) is 17.1. The van der Waals surface area contributed by atoms with Crippen LogP contribution in [0.1, 0.15) is 30.5 Å². The third kappa shape index (κ3) is 4.17. The first-order chi connectivity index (χ1) is 14.0.